The molecule has 0 aromatic heterocycles. The summed E-state index contributed by atoms with van der Waals surface area (Å²) in [6, 6.07) is 4.62. The maximum atomic E-state index is 13.6. The van der Waals surface area contributed by atoms with E-state index in [0.29, 0.717) is 29.2 Å². The Morgan fingerprint density at radius 3 is 2.46 bits per heavy atom. The highest BCUT2D eigenvalue weighted by Gasteiger charge is 2.33. The van der Waals surface area contributed by atoms with Crippen molar-refractivity contribution < 1.29 is 17.9 Å². The van der Waals surface area contributed by atoms with E-state index in [4.69, 9.17) is 17.0 Å². The molecular weight excluding hydrogens is 381 g/mol. The number of ether oxygens (including phenoxy) is 1. The van der Waals surface area contributed by atoms with Crippen LogP contribution in [0, 0.1) is 5.92 Å². The number of hydrogen-bond acceptors (Lipinski definition) is 2. The molecule has 1 nitrogen and oxygen atoms in total. The summed E-state index contributed by atoms with van der Waals surface area (Å²) in [6.07, 6.45) is 3.14. The first kappa shape index (κ1) is 24.2. The Hall–Kier alpha value is -1.88. The molecule has 0 bridgehead atoms. The first-order chi connectivity index (χ1) is 13.1. The van der Waals surface area contributed by atoms with Crippen LogP contribution in [0.4, 0.5) is 13.2 Å². The van der Waals surface area contributed by atoms with Gasteiger partial charge in [0.05, 0.1) is 12.2 Å². The molecule has 1 atom stereocenters. The zero-order chi connectivity index (χ0) is 21.3. The number of halogens is 3. The SMILES string of the molecule is C=C/C(=C\C=C(/C)c1ccc(CCCC)cc1C(F)(F)F)C(C)C(=S)OCC. The lowest BCUT2D eigenvalue weighted by Gasteiger charge is -2.16. The molecule has 0 aliphatic rings. The van der Waals surface area contributed by atoms with Crippen molar-refractivity contribution in [3.63, 3.8) is 0 Å². The number of unbranched alkanes of at least 4 members (excludes halogenated alkanes) is 1. The summed E-state index contributed by atoms with van der Waals surface area (Å²) in [7, 11) is 0. The molecule has 1 unspecified atom stereocenters. The molecule has 0 heterocycles. The van der Waals surface area contributed by atoms with Gasteiger partial charge in [-0.3, -0.25) is 0 Å². The van der Waals surface area contributed by atoms with Gasteiger partial charge >= 0.3 is 6.18 Å². The van der Waals surface area contributed by atoms with Crippen LogP contribution in [0.15, 0.2) is 48.6 Å². The van der Waals surface area contributed by atoms with Crippen LogP contribution in [0.5, 0.6) is 0 Å². The highest BCUT2D eigenvalue weighted by Crippen LogP contribution is 2.36. The van der Waals surface area contributed by atoms with Crippen LogP contribution in [0.25, 0.3) is 5.57 Å². The maximum absolute atomic E-state index is 13.6. The standard InChI is InChI=1S/C23H29F3OS/c1-6-9-10-18-12-14-20(21(15-18)23(24,25)26)16(4)11-13-19(7-2)17(5)22(28)27-8-3/h7,11-15,17H,2,6,8-10H2,1,3-5H3/b16-11+,19-13+. The molecule has 154 valence electrons. The van der Waals surface area contributed by atoms with Crippen LogP contribution in [-0.2, 0) is 17.3 Å². The summed E-state index contributed by atoms with van der Waals surface area (Å²) in [5.74, 6) is -0.171. The third kappa shape index (κ3) is 6.93. The molecule has 0 fully saturated rings. The van der Waals surface area contributed by atoms with E-state index >= 15 is 0 Å². The van der Waals surface area contributed by atoms with Crippen molar-refractivity contribution >= 4 is 22.8 Å². The van der Waals surface area contributed by atoms with Gasteiger partial charge in [-0.2, -0.15) is 13.2 Å². The van der Waals surface area contributed by atoms with Gasteiger partial charge in [0.2, 0.25) is 0 Å². The normalized spacial score (nSPS) is 14.0. The Morgan fingerprint density at radius 1 is 1.25 bits per heavy atom. The summed E-state index contributed by atoms with van der Waals surface area (Å²) in [5.41, 5.74) is 1.63. The van der Waals surface area contributed by atoms with Gasteiger partial charge in [0.1, 0.15) is 0 Å². The van der Waals surface area contributed by atoms with E-state index in [9.17, 15) is 13.2 Å². The van der Waals surface area contributed by atoms with Crippen LogP contribution in [0.2, 0.25) is 0 Å². The van der Waals surface area contributed by atoms with Crippen molar-refractivity contribution in [3.8, 4) is 0 Å². The molecule has 1 rings (SSSR count). The number of thiocarbonyl (C=S) groups is 1. The molecule has 0 aliphatic heterocycles. The van der Waals surface area contributed by atoms with Crippen molar-refractivity contribution in [3.05, 3.63) is 65.3 Å². The Balaban J connectivity index is 3.26. The fourth-order valence-electron chi connectivity index (χ4n) is 2.81. The van der Waals surface area contributed by atoms with Gasteiger partial charge in [-0.1, -0.05) is 57.2 Å². The van der Waals surface area contributed by atoms with Crippen molar-refractivity contribution in [2.75, 3.05) is 6.61 Å². The Labute approximate surface area is 172 Å². The van der Waals surface area contributed by atoms with E-state index in [2.05, 4.69) is 6.58 Å². The molecule has 28 heavy (non-hydrogen) atoms. The van der Waals surface area contributed by atoms with Crippen molar-refractivity contribution in [2.24, 2.45) is 5.92 Å². The molecular formula is C23H29F3OS. The van der Waals surface area contributed by atoms with Gasteiger partial charge < -0.3 is 4.74 Å². The van der Waals surface area contributed by atoms with Crippen molar-refractivity contribution in [1.82, 2.24) is 0 Å². The summed E-state index contributed by atoms with van der Waals surface area (Å²) in [5, 5.41) is 0.441. The monoisotopic (exact) mass is 410 g/mol. The zero-order valence-electron chi connectivity index (χ0n) is 17.0. The lowest BCUT2D eigenvalue weighted by molar-refractivity contribution is -0.137. The second-order valence-corrected chi connectivity index (χ2v) is 7.08. The first-order valence-corrected chi connectivity index (χ1v) is 9.94. The molecule has 0 saturated carbocycles. The molecule has 1 aromatic rings. The van der Waals surface area contributed by atoms with Gasteiger partial charge in [0.25, 0.3) is 0 Å². The van der Waals surface area contributed by atoms with Crippen LogP contribution < -0.4 is 0 Å². The zero-order valence-corrected chi connectivity index (χ0v) is 17.8. The smallest absolute Gasteiger partial charge is 0.417 e. The number of benzene rings is 1. The minimum atomic E-state index is -4.40. The van der Waals surface area contributed by atoms with Crippen molar-refractivity contribution in [2.45, 2.75) is 53.1 Å². The molecule has 0 spiro atoms. The number of aryl methyl sites for hydroxylation is 1. The van der Waals surface area contributed by atoms with Crippen LogP contribution in [0.1, 0.15) is 57.2 Å². The lowest BCUT2D eigenvalue weighted by Crippen LogP contribution is -2.13. The molecule has 5 heteroatoms. The van der Waals surface area contributed by atoms with Crippen LogP contribution in [0.3, 0.4) is 0 Å². The predicted molar refractivity (Wildman–Crippen MR) is 115 cm³/mol. The second kappa shape index (κ2) is 11.2. The first-order valence-electron chi connectivity index (χ1n) is 9.53. The van der Waals surface area contributed by atoms with Gasteiger partial charge in [-0.25, -0.2) is 0 Å². The van der Waals surface area contributed by atoms with E-state index in [-0.39, 0.29) is 11.5 Å². The fourth-order valence-corrected chi connectivity index (χ4v) is 3.06. The molecule has 0 radical (unpaired) electrons. The van der Waals surface area contributed by atoms with Gasteiger partial charge in [-0.15, -0.1) is 0 Å². The quantitative estimate of drug-likeness (QED) is 0.307. The molecule has 0 saturated heterocycles. The Kier molecular flexibility index (Phi) is 9.66. The Bertz CT molecular complexity index is 745. The van der Waals surface area contributed by atoms with E-state index < -0.39 is 11.7 Å². The molecule has 0 aliphatic carbocycles. The number of alkyl halides is 3. The number of hydrogen-bond donors (Lipinski definition) is 0. The molecule has 1 aromatic carbocycles. The highest BCUT2D eigenvalue weighted by molar-refractivity contribution is 7.80. The molecule has 0 amide bonds. The third-order valence-electron chi connectivity index (χ3n) is 4.53. The largest absolute Gasteiger partial charge is 0.487 e. The summed E-state index contributed by atoms with van der Waals surface area (Å²) in [6.45, 7) is 11.7. The topological polar surface area (TPSA) is 9.23 Å². The lowest BCUT2D eigenvalue weighted by atomic mass is 9.95. The van der Waals surface area contributed by atoms with Crippen molar-refractivity contribution in [1.29, 1.82) is 0 Å². The van der Waals surface area contributed by atoms with E-state index in [1.165, 1.54) is 6.07 Å². The Morgan fingerprint density at radius 2 is 1.93 bits per heavy atom. The number of allylic oxidation sites excluding steroid dienone is 4. The van der Waals surface area contributed by atoms with Gasteiger partial charge in [-0.05, 0) is 67.2 Å². The highest BCUT2D eigenvalue weighted by atomic mass is 32.1. The molecule has 0 N–H and O–H groups in total. The minimum Gasteiger partial charge on any atom is -0.487 e. The van der Waals surface area contributed by atoms with Crippen LogP contribution in [-0.4, -0.2) is 11.7 Å². The minimum absolute atomic E-state index is 0.171. The van der Waals surface area contributed by atoms with Gasteiger partial charge in [0, 0.05) is 5.92 Å². The second-order valence-electron chi connectivity index (χ2n) is 6.68. The third-order valence-corrected chi connectivity index (χ3v) is 5.01. The maximum Gasteiger partial charge on any atom is 0.417 e. The number of rotatable bonds is 9. The van der Waals surface area contributed by atoms with Gasteiger partial charge in [0.15, 0.2) is 5.05 Å². The van der Waals surface area contributed by atoms with E-state index in [1.54, 1.807) is 37.3 Å². The average Bonchev–Trinajstić information content (AvgIpc) is 2.65. The van der Waals surface area contributed by atoms with E-state index in [1.807, 2.05) is 20.8 Å². The van der Waals surface area contributed by atoms with Crippen LogP contribution >= 0.6 is 12.2 Å². The fraction of sp³-hybridized carbons (Fsp3) is 0.435. The predicted octanol–water partition coefficient (Wildman–Crippen LogP) is 7.56. The summed E-state index contributed by atoms with van der Waals surface area (Å²) in [4.78, 5) is 0. The summed E-state index contributed by atoms with van der Waals surface area (Å²) < 4.78 is 46.2. The van der Waals surface area contributed by atoms with E-state index in [0.717, 1.165) is 18.4 Å². The average molecular weight is 411 g/mol. The summed E-state index contributed by atoms with van der Waals surface area (Å²) >= 11 is 5.23.